The lowest BCUT2D eigenvalue weighted by Crippen LogP contribution is -2.48. The second-order valence-corrected chi connectivity index (χ2v) is 8.90. The molecule has 0 aliphatic carbocycles. The third-order valence-electron chi connectivity index (χ3n) is 5.64. The van der Waals surface area contributed by atoms with Crippen molar-refractivity contribution in [2.45, 2.75) is 25.2 Å². The number of likely N-dealkylation sites (tertiary alicyclic amines) is 1. The number of benzene rings is 1. The molecular weight excluding hydrogens is 509 g/mol. The van der Waals surface area contributed by atoms with Gasteiger partial charge in [-0.3, -0.25) is 14.7 Å². The molecule has 2 aliphatic heterocycles. The number of rotatable bonds is 7. The molecule has 6 nitrogen and oxygen atoms in total. The largest absolute Gasteiger partial charge is 0.357 e. The lowest BCUT2D eigenvalue weighted by Gasteiger charge is -2.33. The van der Waals surface area contributed by atoms with Gasteiger partial charge in [0.1, 0.15) is 0 Å². The van der Waals surface area contributed by atoms with Crippen LogP contribution in [0.25, 0.3) is 0 Å². The third kappa shape index (κ3) is 7.92. The van der Waals surface area contributed by atoms with Crippen LogP contribution in [0.5, 0.6) is 0 Å². The van der Waals surface area contributed by atoms with Gasteiger partial charge in [0.05, 0.1) is 6.54 Å². The number of hydrogen-bond donors (Lipinski definition) is 1. The zero-order valence-corrected chi connectivity index (χ0v) is 21.4. The minimum Gasteiger partial charge on any atom is -0.357 e. The minimum atomic E-state index is 0. The maximum atomic E-state index is 11.5. The Hall–Kier alpha value is -1.000. The number of amides is 1. The first-order valence-electron chi connectivity index (χ1n) is 10.8. The molecule has 168 valence electrons. The van der Waals surface area contributed by atoms with E-state index in [2.05, 4.69) is 52.4 Å². The van der Waals surface area contributed by atoms with E-state index in [1.807, 2.05) is 16.7 Å². The predicted molar refractivity (Wildman–Crippen MR) is 137 cm³/mol. The molecule has 30 heavy (non-hydrogen) atoms. The second-order valence-electron chi connectivity index (χ2n) is 7.81. The maximum absolute atomic E-state index is 11.5. The summed E-state index contributed by atoms with van der Waals surface area (Å²) in [5, 5.41) is 3.48. The highest BCUT2D eigenvalue weighted by Crippen LogP contribution is 2.25. The molecule has 0 saturated carbocycles. The maximum Gasteiger partial charge on any atom is 0.219 e. The zero-order chi connectivity index (χ0) is 20.5. The SMILES string of the molecule is CCNC(=NCCN1CCN(C(C)=O)CC1)N1CCC(CSc2ccccc2)C1.I. The van der Waals surface area contributed by atoms with E-state index in [9.17, 15) is 4.79 Å². The normalized spacial score (nSPS) is 20.2. The Labute approximate surface area is 202 Å². The van der Waals surface area contributed by atoms with Crippen LogP contribution in [0.3, 0.4) is 0 Å². The molecule has 3 rings (SSSR count). The number of nitrogens with one attached hydrogen (secondary N) is 1. The molecule has 2 heterocycles. The second kappa shape index (κ2) is 13.4. The summed E-state index contributed by atoms with van der Waals surface area (Å²) in [6, 6.07) is 10.7. The Kier molecular flexibility index (Phi) is 11.3. The van der Waals surface area contributed by atoms with Crippen LogP contribution < -0.4 is 5.32 Å². The van der Waals surface area contributed by atoms with Crippen LogP contribution >= 0.6 is 35.7 Å². The fraction of sp³-hybridized carbons (Fsp3) is 0.636. The highest BCUT2D eigenvalue weighted by atomic mass is 127. The first-order valence-corrected chi connectivity index (χ1v) is 11.8. The van der Waals surface area contributed by atoms with Crippen molar-refractivity contribution in [3.63, 3.8) is 0 Å². The summed E-state index contributed by atoms with van der Waals surface area (Å²) in [4.78, 5) is 24.5. The number of thioether (sulfide) groups is 1. The standard InChI is InChI=1S/C22H35N5OS.HI/c1-3-23-22(24-10-12-25-13-15-26(16-14-25)19(2)28)27-11-9-20(17-27)18-29-21-7-5-4-6-8-21;/h4-8,20H,3,9-18H2,1-2H3,(H,23,24);1H. The smallest absolute Gasteiger partial charge is 0.219 e. The molecule has 0 spiro atoms. The molecule has 1 atom stereocenters. The van der Waals surface area contributed by atoms with E-state index in [1.165, 1.54) is 17.1 Å². The molecule has 0 bridgehead atoms. The molecule has 8 heteroatoms. The Morgan fingerprint density at radius 3 is 2.53 bits per heavy atom. The van der Waals surface area contributed by atoms with Crippen molar-refractivity contribution >= 4 is 47.6 Å². The van der Waals surface area contributed by atoms with Gasteiger partial charge in [0.2, 0.25) is 5.91 Å². The Balaban J connectivity index is 0.00000320. The van der Waals surface area contributed by atoms with Gasteiger partial charge >= 0.3 is 0 Å². The Morgan fingerprint density at radius 1 is 1.13 bits per heavy atom. The van der Waals surface area contributed by atoms with Crippen LogP contribution in [-0.2, 0) is 4.79 Å². The quantitative estimate of drug-likeness (QED) is 0.247. The highest BCUT2D eigenvalue weighted by molar-refractivity contribution is 14.0. The van der Waals surface area contributed by atoms with Crippen LogP contribution in [-0.4, -0.2) is 91.2 Å². The highest BCUT2D eigenvalue weighted by Gasteiger charge is 2.25. The van der Waals surface area contributed by atoms with Crippen molar-refractivity contribution in [3.05, 3.63) is 30.3 Å². The fourth-order valence-corrected chi connectivity index (χ4v) is 4.95. The molecule has 2 saturated heterocycles. The number of piperazine rings is 1. The lowest BCUT2D eigenvalue weighted by atomic mass is 10.2. The lowest BCUT2D eigenvalue weighted by molar-refractivity contribution is -0.130. The third-order valence-corrected chi connectivity index (χ3v) is 6.89. The van der Waals surface area contributed by atoms with E-state index < -0.39 is 0 Å². The van der Waals surface area contributed by atoms with E-state index in [1.54, 1.807) is 6.92 Å². The molecule has 1 aromatic rings. The van der Waals surface area contributed by atoms with Gasteiger partial charge in [-0.1, -0.05) is 18.2 Å². The number of carbonyl (C=O) groups excluding carboxylic acids is 1. The number of aliphatic imine (C=N–C) groups is 1. The number of carbonyl (C=O) groups is 1. The van der Waals surface area contributed by atoms with Gasteiger partial charge in [0.15, 0.2) is 5.96 Å². The molecule has 0 aromatic heterocycles. The summed E-state index contributed by atoms with van der Waals surface area (Å²) in [5.41, 5.74) is 0. The van der Waals surface area contributed by atoms with Gasteiger partial charge in [-0.2, -0.15) is 0 Å². The van der Waals surface area contributed by atoms with Crippen molar-refractivity contribution < 1.29 is 4.79 Å². The molecule has 1 unspecified atom stereocenters. The topological polar surface area (TPSA) is 51.2 Å². The summed E-state index contributed by atoms with van der Waals surface area (Å²) in [5.74, 6) is 3.12. The van der Waals surface area contributed by atoms with Crippen LogP contribution in [0.4, 0.5) is 0 Å². The molecular formula is C22H36IN5OS. The van der Waals surface area contributed by atoms with Crippen molar-refractivity contribution in [1.29, 1.82) is 0 Å². The molecule has 1 aromatic carbocycles. The van der Waals surface area contributed by atoms with Gasteiger partial charge in [-0.25, -0.2) is 0 Å². The molecule has 1 N–H and O–H groups in total. The van der Waals surface area contributed by atoms with Gasteiger partial charge < -0.3 is 15.1 Å². The number of nitrogens with zero attached hydrogens (tertiary/aromatic N) is 4. The molecule has 2 aliphatic rings. The Bertz CT molecular complexity index is 667. The van der Waals surface area contributed by atoms with Crippen molar-refractivity contribution in [2.24, 2.45) is 10.9 Å². The van der Waals surface area contributed by atoms with E-state index >= 15 is 0 Å². The average molecular weight is 546 g/mol. The molecule has 0 radical (unpaired) electrons. The van der Waals surface area contributed by atoms with Crippen LogP contribution in [0, 0.1) is 5.92 Å². The minimum absolute atomic E-state index is 0. The predicted octanol–water partition coefficient (Wildman–Crippen LogP) is 2.85. The molecule has 1 amide bonds. The van der Waals surface area contributed by atoms with Crippen molar-refractivity contribution in [1.82, 2.24) is 20.0 Å². The Morgan fingerprint density at radius 2 is 1.87 bits per heavy atom. The summed E-state index contributed by atoms with van der Waals surface area (Å²) >= 11 is 1.96. The van der Waals surface area contributed by atoms with Crippen molar-refractivity contribution in [3.8, 4) is 0 Å². The van der Waals surface area contributed by atoms with Crippen molar-refractivity contribution in [2.75, 3.05) is 64.7 Å². The first-order chi connectivity index (χ1) is 14.2. The van der Waals surface area contributed by atoms with Gasteiger partial charge in [0.25, 0.3) is 0 Å². The summed E-state index contributed by atoms with van der Waals surface area (Å²) in [6.45, 7) is 12.2. The zero-order valence-electron chi connectivity index (χ0n) is 18.3. The first kappa shape index (κ1) is 25.3. The fourth-order valence-electron chi connectivity index (χ4n) is 3.90. The number of halogens is 1. The number of hydrogen-bond acceptors (Lipinski definition) is 4. The van der Waals surface area contributed by atoms with Crippen LogP contribution in [0.2, 0.25) is 0 Å². The summed E-state index contributed by atoms with van der Waals surface area (Å²) in [6.07, 6.45) is 1.23. The van der Waals surface area contributed by atoms with E-state index in [4.69, 9.17) is 4.99 Å². The van der Waals surface area contributed by atoms with Gasteiger partial charge in [0, 0.05) is 69.9 Å². The van der Waals surface area contributed by atoms with Crippen LogP contribution in [0.1, 0.15) is 20.3 Å². The average Bonchev–Trinajstić information content (AvgIpc) is 3.22. The van der Waals surface area contributed by atoms with Gasteiger partial charge in [-0.05, 0) is 31.4 Å². The summed E-state index contributed by atoms with van der Waals surface area (Å²) < 4.78 is 0. The van der Waals surface area contributed by atoms with Gasteiger partial charge in [-0.15, -0.1) is 35.7 Å². The molecule has 2 fully saturated rings. The van der Waals surface area contributed by atoms with E-state index in [0.29, 0.717) is 5.92 Å². The van der Waals surface area contributed by atoms with E-state index in [-0.39, 0.29) is 29.9 Å². The number of guanidine groups is 1. The van der Waals surface area contributed by atoms with E-state index in [0.717, 1.165) is 64.9 Å². The summed E-state index contributed by atoms with van der Waals surface area (Å²) in [7, 11) is 0. The van der Waals surface area contributed by atoms with Crippen LogP contribution in [0.15, 0.2) is 40.2 Å². The monoisotopic (exact) mass is 545 g/mol.